The molecule has 0 amide bonds. The molecule has 0 nitrogen and oxygen atoms in total. The van der Waals surface area contributed by atoms with Gasteiger partial charge in [0.05, 0.1) is 5.02 Å². The van der Waals surface area contributed by atoms with Crippen LogP contribution in [0.1, 0.15) is 12.5 Å². The summed E-state index contributed by atoms with van der Waals surface area (Å²) in [5.41, 5.74) is 0.501. The molecule has 0 aliphatic rings. The van der Waals surface area contributed by atoms with Crippen LogP contribution in [0.15, 0.2) is 18.2 Å². The average Bonchev–Trinajstić information content (AvgIpc) is 2.25. The van der Waals surface area contributed by atoms with Gasteiger partial charge in [0.15, 0.2) is 0 Å². The van der Waals surface area contributed by atoms with Gasteiger partial charge in [-0.25, -0.2) is 4.39 Å². The van der Waals surface area contributed by atoms with Crippen LogP contribution in [-0.4, -0.2) is 11.8 Å². The van der Waals surface area contributed by atoms with Crippen LogP contribution in [-0.2, 0) is 6.42 Å². The molecular weight excluding hydrogens is 257 g/mol. The summed E-state index contributed by atoms with van der Waals surface area (Å²) >= 11 is 17.5. The van der Waals surface area contributed by atoms with Crippen LogP contribution in [0, 0.1) is 11.2 Å². The Morgan fingerprint density at radius 2 is 1.87 bits per heavy atom. The molecule has 0 aliphatic carbocycles. The molecule has 0 radical (unpaired) electrons. The van der Waals surface area contributed by atoms with E-state index in [1.165, 1.54) is 6.07 Å². The molecule has 0 aromatic heterocycles. The van der Waals surface area contributed by atoms with Crippen LogP contribution < -0.4 is 0 Å². The molecule has 0 unspecified atom stereocenters. The second-order valence-electron chi connectivity index (χ2n) is 3.97. The monoisotopic (exact) mass is 268 g/mol. The van der Waals surface area contributed by atoms with Gasteiger partial charge in [-0.2, -0.15) is 0 Å². The van der Waals surface area contributed by atoms with Gasteiger partial charge < -0.3 is 0 Å². The minimum atomic E-state index is -0.402. The quantitative estimate of drug-likeness (QED) is 0.706. The summed E-state index contributed by atoms with van der Waals surface area (Å²) in [6.07, 6.45) is 0.580. The van der Waals surface area contributed by atoms with Crippen LogP contribution >= 0.6 is 34.8 Å². The summed E-state index contributed by atoms with van der Waals surface area (Å²) in [5, 5.41) is 0.166. The number of hydrogen-bond donors (Lipinski definition) is 0. The molecule has 0 saturated carbocycles. The maximum atomic E-state index is 13.2. The Morgan fingerprint density at radius 1 is 1.27 bits per heavy atom. The lowest BCUT2D eigenvalue weighted by atomic mass is 9.87. The van der Waals surface area contributed by atoms with E-state index in [9.17, 15) is 4.39 Å². The van der Waals surface area contributed by atoms with Crippen molar-refractivity contribution in [1.29, 1.82) is 0 Å². The van der Waals surface area contributed by atoms with E-state index in [1.807, 2.05) is 6.92 Å². The largest absolute Gasteiger partial charge is 0.205 e. The van der Waals surface area contributed by atoms with E-state index in [0.29, 0.717) is 18.2 Å². The van der Waals surface area contributed by atoms with Gasteiger partial charge in [-0.05, 0) is 23.5 Å². The summed E-state index contributed by atoms with van der Waals surface area (Å²) in [7, 11) is 0. The third-order valence-electron chi connectivity index (χ3n) is 2.29. The fourth-order valence-corrected chi connectivity index (χ4v) is 1.94. The highest BCUT2D eigenvalue weighted by Gasteiger charge is 2.24. The Balaban J connectivity index is 2.94. The van der Waals surface area contributed by atoms with E-state index in [-0.39, 0.29) is 10.4 Å². The molecule has 0 bridgehead atoms. The molecular formula is C11H12Cl3F. The van der Waals surface area contributed by atoms with Crippen molar-refractivity contribution in [3.05, 3.63) is 34.6 Å². The minimum absolute atomic E-state index is 0.166. The highest BCUT2D eigenvalue weighted by molar-refractivity contribution is 6.31. The van der Waals surface area contributed by atoms with Crippen LogP contribution in [0.4, 0.5) is 4.39 Å². The summed E-state index contributed by atoms with van der Waals surface area (Å²) < 4.78 is 13.2. The zero-order valence-electron chi connectivity index (χ0n) is 8.37. The zero-order chi connectivity index (χ0) is 11.5. The van der Waals surface area contributed by atoms with Gasteiger partial charge >= 0.3 is 0 Å². The molecule has 0 atom stereocenters. The van der Waals surface area contributed by atoms with Crippen molar-refractivity contribution in [2.45, 2.75) is 13.3 Å². The normalized spacial score (nSPS) is 11.8. The standard InChI is InChI=1S/C11H12Cl3F/c1-11(6-12,7-13)5-8-3-2-4-9(15)10(8)14/h2-4H,5-7H2,1H3. The summed E-state index contributed by atoms with van der Waals surface area (Å²) in [6.45, 7) is 1.95. The molecule has 0 saturated heterocycles. The smallest absolute Gasteiger partial charge is 0.142 e. The van der Waals surface area contributed by atoms with E-state index in [1.54, 1.807) is 12.1 Å². The topological polar surface area (TPSA) is 0 Å². The van der Waals surface area contributed by atoms with Crippen molar-refractivity contribution < 1.29 is 4.39 Å². The fraction of sp³-hybridized carbons (Fsp3) is 0.455. The summed E-state index contributed by atoms with van der Waals surface area (Å²) in [5.74, 6) is 0.438. The molecule has 1 rings (SSSR count). The van der Waals surface area contributed by atoms with Gasteiger partial charge in [-0.1, -0.05) is 30.7 Å². The van der Waals surface area contributed by atoms with Crippen LogP contribution in [0.5, 0.6) is 0 Å². The zero-order valence-corrected chi connectivity index (χ0v) is 10.6. The molecule has 15 heavy (non-hydrogen) atoms. The van der Waals surface area contributed by atoms with Gasteiger partial charge in [0.2, 0.25) is 0 Å². The van der Waals surface area contributed by atoms with Gasteiger partial charge in [0.25, 0.3) is 0 Å². The summed E-state index contributed by atoms with van der Waals surface area (Å²) in [4.78, 5) is 0. The molecule has 0 spiro atoms. The van der Waals surface area contributed by atoms with Gasteiger partial charge in [-0.3, -0.25) is 0 Å². The van der Waals surface area contributed by atoms with E-state index in [2.05, 4.69) is 0 Å². The minimum Gasteiger partial charge on any atom is -0.205 e. The van der Waals surface area contributed by atoms with Crippen molar-refractivity contribution >= 4 is 34.8 Å². The van der Waals surface area contributed by atoms with E-state index < -0.39 is 5.82 Å². The van der Waals surface area contributed by atoms with Crippen molar-refractivity contribution in [2.24, 2.45) is 5.41 Å². The summed E-state index contributed by atoms with van der Waals surface area (Å²) in [6, 6.07) is 4.77. The second-order valence-corrected chi connectivity index (χ2v) is 4.88. The van der Waals surface area contributed by atoms with Crippen molar-refractivity contribution in [3.8, 4) is 0 Å². The van der Waals surface area contributed by atoms with E-state index in [4.69, 9.17) is 34.8 Å². The first-order chi connectivity index (χ1) is 7.02. The van der Waals surface area contributed by atoms with Gasteiger partial charge in [-0.15, -0.1) is 23.2 Å². The van der Waals surface area contributed by atoms with Gasteiger partial charge in [0, 0.05) is 11.8 Å². The first-order valence-electron chi connectivity index (χ1n) is 4.57. The molecule has 0 N–H and O–H groups in total. The SMILES string of the molecule is CC(CCl)(CCl)Cc1cccc(F)c1Cl. The maximum Gasteiger partial charge on any atom is 0.142 e. The molecule has 4 heteroatoms. The average molecular weight is 270 g/mol. The van der Waals surface area contributed by atoms with Crippen molar-refractivity contribution in [3.63, 3.8) is 0 Å². The number of alkyl halides is 2. The Kier molecular flexibility index (Phi) is 4.69. The number of rotatable bonds is 4. The molecule has 1 aromatic rings. The Bertz CT molecular complexity index is 335. The lowest BCUT2D eigenvalue weighted by Crippen LogP contribution is -2.24. The predicted molar refractivity (Wildman–Crippen MR) is 64.7 cm³/mol. The van der Waals surface area contributed by atoms with Crippen molar-refractivity contribution in [1.82, 2.24) is 0 Å². The maximum absolute atomic E-state index is 13.2. The molecule has 1 aromatic carbocycles. The third-order valence-corrected chi connectivity index (χ3v) is 4.01. The second kappa shape index (κ2) is 5.38. The van der Waals surface area contributed by atoms with Crippen LogP contribution in [0.3, 0.4) is 0 Å². The molecule has 0 aliphatic heterocycles. The number of benzene rings is 1. The van der Waals surface area contributed by atoms with Crippen molar-refractivity contribution in [2.75, 3.05) is 11.8 Å². The van der Waals surface area contributed by atoms with Crippen LogP contribution in [0.2, 0.25) is 5.02 Å². The molecule has 0 heterocycles. The van der Waals surface area contributed by atoms with Gasteiger partial charge in [0.1, 0.15) is 5.82 Å². The highest BCUT2D eigenvalue weighted by atomic mass is 35.5. The number of hydrogen-bond acceptors (Lipinski definition) is 0. The highest BCUT2D eigenvalue weighted by Crippen LogP contribution is 2.30. The fourth-order valence-electron chi connectivity index (χ4n) is 1.27. The van der Waals surface area contributed by atoms with Crippen LogP contribution in [0.25, 0.3) is 0 Å². The van der Waals surface area contributed by atoms with E-state index in [0.717, 1.165) is 5.56 Å². The number of halogens is 4. The Labute approximate surface area is 104 Å². The third kappa shape index (κ3) is 3.24. The Hall–Kier alpha value is 0.0200. The first kappa shape index (κ1) is 13.1. The Morgan fingerprint density at radius 3 is 2.40 bits per heavy atom. The predicted octanol–water partition coefficient (Wildman–Crippen LogP) is 4.51. The molecule has 0 fully saturated rings. The van der Waals surface area contributed by atoms with E-state index >= 15 is 0 Å². The lowest BCUT2D eigenvalue weighted by molar-refractivity contribution is 0.424. The lowest BCUT2D eigenvalue weighted by Gasteiger charge is -2.24. The first-order valence-corrected chi connectivity index (χ1v) is 6.02. The molecule has 84 valence electrons.